The summed E-state index contributed by atoms with van der Waals surface area (Å²) in [7, 11) is -3.38. The van der Waals surface area contributed by atoms with Gasteiger partial charge in [0.05, 0.1) is 16.9 Å². The summed E-state index contributed by atoms with van der Waals surface area (Å²) in [6.07, 6.45) is 0.915. The average Bonchev–Trinajstić information content (AvgIpc) is 3.00. The van der Waals surface area contributed by atoms with Gasteiger partial charge in [-0.3, -0.25) is 19.3 Å². The molecular weight excluding hydrogens is 448 g/mol. The highest BCUT2D eigenvalue weighted by atomic mass is 32.2. The Kier molecular flexibility index (Phi) is 7.73. The topological polar surface area (TPSA) is 101 Å². The molecule has 7 nitrogen and oxygen atoms in total. The van der Waals surface area contributed by atoms with E-state index in [1.165, 1.54) is 23.3 Å². The highest BCUT2D eigenvalue weighted by molar-refractivity contribution is 7.98. The number of nitrogens with one attached hydrogen (secondary N) is 1. The Labute approximate surface area is 192 Å². The fourth-order valence-corrected chi connectivity index (χ4v) is 4.90. The smallest absolute Gasteiger partial charge is 0.262 e. The van der Waals surface area contributed by atoms with Crippen molar-refractivity contribution < 1.29 is 22.8 Å². The first-order chi connectivity index (χ1) is 15.2. The molecule has 1 atom stereocenters. The number of aryl methyl sites for hydroxylation is 1. The third-order valence-corrected chi connectivity index (χ3v) is 7.14. The van der Waals surface area contributed by atoms with Crippen molar-refractivity contribution in [3.8, 4) is 0 Å². The predicted molar refractivity (Wildman–Crippen MR) is 125 cm³/mol. The fourth-order valence-electron chi connectivity index (χ4n) is 3.43. The first-order valence-corrected chi connectivity index (χ1v) is 13.4. The van der Waals surface area contributed by atoms with Gasteiger partial charge in [-0.05, 0) is 31.0 Å². The minimum absolute atomic E-state index is 0.146. The van der Waals surface area contributed by atoms with E-state index in [1.807, 2.05) is 19.1 Å². The molecule has 2 aromatic rings. The van der Waals surface area contributed by atoms with Crippen LogP contribution in [0.3, 0.4) is 0 Å². The van der Waals surface area contributed by atoms with Crippen molar-refractivity contribution in [2.45, 2.75) is 25.1 Å². The molecule has 0 radical (unpaired) electrons. The van der Waals surface area contributed by atoms with Crippen LogP contribution in [0.25, 0.3) is 0 Å². The van der Waals surface area contributed by atoms with Crippen LogP contribution in [-0.4, -0.2) is 61.4 Å². The lowest BCUT2D eigenvalue weighted by atomic mass is 10.1. The number of amides is 3. The van der Waals surface area contributed by atoms with E-state index in [0.717, 1.165) is 16.9 Å². The summed E-state index contributed by atoms with van der Waals surface area (Å²) in [5.74, 6) is -0.548. The van der Waals surface area contributed by atoms with E-state index >= 15 is 0 Å². The minimum Gasteiger partial charge on any atom is -0.353 e. The van der Waals surface area contributed by atoms with Gasteiger partial charge in [0.2, 0.25) is 5.91 Å². The van der Waals surface area contributed by atoms with E-state index < -0.39 is 33.6 Å². The number of benzene rings is 2. The highest BCUT2D eigenvalue weighted by Crippen LogP contribution is 2.26. The maximum Gasteiger partial charge on any atom is 0.262 e. The Bertz CT molecular complexity index is 1080. The molecule has 170 valence electrons. The SMILES string of the molecule is Cc1ccc(CSCCNC(=O)[C@@H](CCS(C)(=O)=O)N2C(=O)c3ccccc3C2=O)cc1. The summed E-state index contributed by atoms with van der Waals surface area (Å²) >= 11 is 1.65. The van der Waals surface area contributed by atoms with Crippen LogP contribution >= 0.6 is 11.8 Å². The number of hydrogen-bond acceptors (Lipinski definition) is 6. The quantitative estimate of drug-likeness (QED) is 0.419. The third kappa shape index (κ3) is 5.98. The molecule has 1 heterocycles. The Morgan fingerprint density at radius 2 is 1.62 bits per heavy atom. The normalized spacial score (nSPS) is 14.4. The zero-order chi connectivity index (χ0) is 23.3. The van der Waals surface area contributed by atoms with E-state index in [1.54, 1.807) is 23.9 Å². The van der Waals surface area contributed by atoms with Crippen LogP contribution in [-0.2, 0) is 20.4 Å². The second-order valence-corrected chi connectivity index (χ2v) is 11.2. The summed E-state index contributed by atoms with van der Waals surface area (Å²) in [5.41, 5.74) is 2.83. The number of fused-ring (bicyclic) bond motifs is 1. The largest absolute Gasteiger partial charge is 0.353 e. The van der Waals surface area contributed by atoms with E-state index in [0.29, 0.717) is 12.3 Å². The van der Waals surface area contributed by atoms with Gasteiger partial charge in [0.1, 0.15) is 15.9 Å². The van der Waals surface area contributed by atoms with Gasteiger partial charge in [0.25, 0.3) is 11.8 Å². The minimum atomic E-state index is -3.38. The molecule has 0 fully saturated rings. The van der Waals surface area contributed by atoms with Gasteiger partial charge in [-0.1, -0.05) is 42.0 Å². The van der Waals surface area contributed by atoms with Gasteiger partial charge in [-0.2, -0.15) is 11.8 Å². The van der Waals surface area contributed by atoms with Crippen molar-refractivity contribution in [2.75, 3.05) is 24.3 Å². The van der Waals surface area contributed by atoms with Gasteiger partial charge < -0.3 is 5.32 Å². The second-order valence-electron chi connectivity index (χ2n) is 7.79. The van der Waals surface area contributed by atoms with Gasteiger partial charge in [-0.25, -0.2) is 8.42 Å². The molecule has 3 rings (SSSR count). The van der Waals surface area contributed by atoms with Crippen molar-refractivity contribution in [3.05, 3.63) is 70.8 Å². The Balaban J connectivity index is 1.62. The average molecular weight is 475 g/mol. The van der Waals surface area contributed by atoms with Crippen LogP contribution in [0.15, 0.2) is 48.5 Å². The Morgan fingerprint density at radius 3 is 2.19 bits per heavy atom. The number of imide groups is 1. The lowest BCUT2D eigenvalue weighted by molar-refractivity contribution is -0.124. The molecule has 0 aromatic heterocycles. The molecule has 32 heavy (non-hydrogen) atoms. The summed E-state index contributed by atoms with van der Waals surface area (Å²) in [6.45, 7) is 2.37. The molecule has 2 aromatic carbocycles. The van der Waals surface area contributed by atoms with E-state index in [4.69, 9.17) is 0 Å². The van der Waals surface area contributed by atoms with Crippen molar-refractivity contribution in [3.63, 3.8) is 0 Å². The van der Waals surface area contributed by atoms with Crippen LogP contribution in [0.1, 0.15) is 38.3 Å². The summed E-state index contributed by atoms with van der Waals surface area (Å²) < 4.78 is 23.4. The fraction of sp³-hybridized carbons (Fsp3) is 0.348. The van der Waals surface area contributed by atoms with Crippen LogP contribution < -0.4 is 5.32 Å². The molecule has 0 spiro atoms. The standard InChI is InChI=1S/C23H26N2O5S2/c1-16-7-9-17(10-8-16)15-31-13-12-24-21(26)20(11-14-32(2,29)30)25-22(27)18-5-3-4-6-19(18)23(25)28/h3-10,20H,11-15H2,1-2H3,(H,24,26)/t20-/m1/s1. The molecule has 0 unspecified atom stereocenters. The molecule has 9 heteroatoms. The Morgan fingerprint density at radius 1 is 1.03 bits per heavy atom. The van der Waals surface area contributed by atoms with E-state index in [9.17, 15) is 22.8 Å². The molecule has 1 aliphatic heterocycles. The van der Waals surface area contributed by atoms with Gasteiger partial charge in [0.15, 0.2) is 0 Å². The van der Waals surface area contributed by atoms with Crippen LogP contribution in [0, 0.1) is 6.92 Å². The number of sulfone groups is 1. The maximum absolute atomic E-state index is 12.9. The van der Waals surface area contributed by atoms with Gasteiger partial charge in [-0.15, -0.1) is 0 Å². The zero-order valence-electron chi connectivity index (χ0n) is 18.0. The Hall–Kier alpha value is -2.65. The summed E-state index contributed by atoms with van der Waals surface area (Å²) in [6, 6.07) is 13.4. The number of rotatable bonds is 10. The lowest BCUT2D eigenvalue weighted by Gasteiger charge is -2.25. The first kappa shape index (κ1) is 24.0. The van der Waals surface area contributed by atoms with Crippen molar-refractivity contribution >= 4 is 39.3 Å². The predicted octanol–water partition coefficient (Wildman–Crippen LogP) is 2.44. The number of nitrogens with zero attached hydrogens (tertiary/aromatic N) is 1. The molecule has 1 aliphatic rings. The first-order valence-electron chi connectivity index (χ1n) is 10.2. The zero-order valence-corrected chi connectivity index (χ0v) is 19.7. The van der Waals surface area contributed by atoms with Crippen LogP contribution in [0.4, 0.5) is 0 Å². The lowest BCUT2D eigenvalue weighted by Crippen LogP contribution is -2.50. The maximum atomic E-state index is 12.9. The van der Waals surface area contributed by atoms with Crippen LogP contribution in [0.2, 0.25) is 0 Å². The van der Waals surface area contributed by atoms with Crippen molar-refractivity contribution in [1.29, 1.82) is 0 Å². The molecule has 0 bridgehead atoms. The van der Waals surface area contributed by atoms with E-state index in [-0.39, 0.29) is 23.3 Å². The molecule has 0 aliphatic carbocycles. The molecule has 0 saturated carbocycles. The number of carbonyl (C=O) groups excluding carboxylic acids is 3. The highest BCUT2D eigenvalue weighted by Gasteiger charge is 2.42. The monoisotopic (exact) mass is 474 g/mol. The summed E-state index contributed by atoms with van der Waals surface area (Å²) in [5, 5.41) is 2.76. The third-order valence-electron chi connectivity index (χ3n) is 5.14. The number of carbonyl (C=O) groups is 3. The van der Waals surface area contributed by atoms with Gasteiger partial charge >= 0.3 is 0 Å². The molecule has 1 N–H and O–H groups in total. The van der Waals surface area contributed by atoms with Crippen molar-refractivity contribution in [2.24, 2.45) is 0 Å². The number of thioether (sulfide) groups is 1. The number of hydrogen-bond donors (Lipinski definition) is 1. The van der Waals surface area contributed by atoms with E-state index in [2.05, 4.69) is 17.4 Å². The molecule has 3 amide bonds. The summed E-state index contributed by atoms with van der Waals surface area (Å²) in [4.78, 5) is 39.4. The van der Waals surface area contributed by atoms with Crippen molar-refractivity contribution in [1.82, 2.24) is 10.2 Å². The second kappa shape index (κ2) is 10.3. The molecule has 0 saturated heterocycles. The van der Waals surface area contributed by atoms with Crippen LogP contribution in [0.5, 0.6) is 0 Å². The van der Waals surface area contributed by atoms with Gasteiger partial charge in [0, 0.05) is 24.3 Å². The molecular formula is C23H26N2O5S2.